The third-order valence-corrected chi connectivity index (χ3v) is 4.04. The average Bonchev–Trinajstić information content (AvgIpc) is 2.37. The number of hydrogen-bond donors (Lipinski definition) is 1. The van der Waals surface area contributed by atoms with Crippen LogP contribution in [0.2, 0.25) is 0 Å². The molecule has 1 fully saturated rings. The lowest BCUT2D eigenvalue weighted by molar-refractivity contribution is -0.137. The van der Waals surface area contributed by atoms with Crippen LogP contribution >= 0.6 is 0 Å². The molecule has 2 unspecified atom stereocenters. The van der Waals surface area contributed by atoms with Crippen molar-refractivity contribution in [3.63, 3.8) is 0 Å². The lowest BCUT2D eigenvalue weighted by atomic mass is 9.95. The Hall–Kier alpha value is -1.72. The van der Waals surface area contributed by atoms with Gasteiger partial charge in [0.15, 0.2) is 0 Å². The van der Waals surface area contributed by atoms with Crippen LogP contribution in [0.3, 0.4) is 0 Å². The number of alkyl halides is 3. The van der Waals surface area contributed by atoms with Crippen LogP contribution in [-0.4, -0.2) is 22.9 Å². The maximum Gasteiger partial charge on any atom is 0.416 e. The van der Waals surface area contributed by atoms with Crippen LogP contribution in [0.15, 0.2) is 18.2 Å². The first kappa shape index (κ1) is 15.7. The van der Waals surface area contributed by atoms with Gasteiger partial charge in [0.2, 0.25) is 0 Å². The summed E-state index contributed by atoms with van der Waals surface area (Å²) in [5.41, 5.74) is 4.88. The Morgan fingerprint density at radius 3 is 2.33 bits per heavy atom. The van der Waals surface area contributed by atoms with Crippen molar-refractivity contribution in [2.45, 2.75) is 51.4 Å². The van der Waals surface area contributed by atoms with Gasteiger partial charge in [-0.25, -0.2) is 0 Å². The molecule has 1 aromatic rings. The van der Waals surface area contributed by atoms with Gasteiger partial charge in [0.25, 0.3) is 5.91 Å². The SMILES string of the molecule is CC1CCCC(C)N1C(=O)c1cc(C(F)(F)F)ccc1N. The van der Waals surface area contributed by atoms with Gasteiger partial charge in [-0.2, -0.15) is 13.2 Å². The van der Waals surface area contributed by atoms with Crippen molar-refractivity contribution in [3.05, 3.63) is 29.3 Å². The third kappa shape index (κ3) is 3.14. The van der Waals surface area contributed by atoms with Gasteiger partial charge in [-0.3, -0.25) is 4.79 Å². The molecule has 116 valence electrons. The number of anilines is 1. The Kier molecular flexibility index (Phi) is 4.16. The Labute approximate surface area is 121 Å². The first-order valence-electron chi connectivity index (χ1n) is 7.01. The van der Waals surface area contributed by atoms with E-state index >= 15 is 0 Å². The smallest absolute Gasteiger partial charge is 0.398 e. The van der Waals surface area contributed by atoms with E-state index in [1.807, 2.05) is 13.8 Å². The molecule has 2 N–H and O–H groups in total. The van der Waals surface area contributed by atoms with E-state index in [0.717, 1.165) is 37.5 Å². The lowest BCUT2D eigenvalue weighted by Gasteiger charge is -2.39. The molecule has 0 aliphatic carbocycles. The zero-order valence-electron chi connectivity index (χ0n) is 12.1. The largest absolute Gasteiger partial charge is 0.416 e. The lowest BCUT2D eigenvalue weighted by Crippen LogP contribution is -2.47. The predicted octanol–water partition coefficient (Wildman–Crippen LogP) is 3.69. The van der Waals surface area contributed by atoms with E-state index in [2.05, 4.69) is 0 Å². The van der Waals surface area contributed by atoms with Crippen molar-refractivity contribution >= 4 is 11.6 Å². The first-order valence-corrected chi connectivity index (χ1v) is 7.01. The Morgan fingerprint density at radius 1 is 1.24 bits per heavy atom. The van der Waals surface area contributed by atoms with Gasteiger partial charge in [-0.15, -0.1) is 0 Å². The van der Waals surface area contributed by atoms with Gasteiger partial charge >= 0.3 is 6.18 Å². The van der Waals surface area contributed by atoms with Crippen LogP contribution in [0.25, 0.3) is 0 Å². The summed E-state index contributed by atoms with van der Waals surface area (Å²) in [6.45, 7) is 3.83. The first-order chi connectivity index (χ1) is 9.71. The monoisotopic (exact) mass is 300 g/mol. The number of amides is 1. The minimum Gasteiger partial charge on any atom is -0.398 e. The molecule has 0 bridgehead atoms. The Bertz CT molecular complexity index is 532. The van der Waals surface area contributed by atoms with E-state index < -0.39 is 17.6 Å². The molecule has 1 heterocycles. The van der Waals surface area contributed by atoms with Crippen molar-refractivity contribution in [3.8, 4) is 0 Å². The zero-order valence-corrected chi connectivity index (χ0v) is 12.1. The Balaban J connectivity index is 2.38. The number of carbonyl (C=O) groups excluding carboxylic acids is 1. The van der Waals surface area contributed by atoms with Gasteiger partial charge < -0.3 is 10.6 Å². The van der Waals surface area contributed by atoms with Crippen LogP contribution in [0.5, 0.6) is 0 Å². The number of benzene rings is 1. The summed E-state index contributed by atoms with van der Waals surface area (Å²) in [6, 6.07) is 2.92. The summed E-state index contributed by atoms with van der Waals surface area (Å²) in [5, 5.41) is 0. The summed E-state index contributed by atoms with van der Waals surface area (Å²) >= 11 is 0. The van der Waals surface area contributed by atoms with Crippen LogP contribution in [0.4, 0.5) is 18.9 Å². The molecule has 1 aliphatic rings. The summed E-state index contributed by atoms with van der Waals surface area (Å²) in [4.78, 5) is 14.2. The van der Waals surface area contributed by atoms with Crippen LogP contribution < -0.4 is 5.73 Å². The van der Waals surface area contributed by atoms with Gasteiger partial charge in [-0.05, 0) is 51.3 Å². The number of nitrogens with zero attached hydrogens (tertiary/aromatic N) is 1. The van der Waals surface area contributed by atoms with E-state index in [1.54, 1.807) is 4.90 Å². The number of likely N-dealkylation sites (tertiary alicyclic amines) is 1. The highest BCUT2D eigenvalue weighted by Crippen LogP contribution is 2.33. The van der Waals surface area contributed by atoms with Gasteiger partial charge in [-0.1, -0.05) is 0 Å². The highest BCUT2D eigenvalue weighted by Gasteiger charge is 2.34. The molecule has 1 aromatic carbocycles. The molecule has 6 heteroatoms. The number of carbonyl (C=O) groups is 1. The fourth-order valence-corrected chi connectivity index (χ4v) is 2.88. The zero-order chi connectivity index (χ0) is 15.8. The summed E-state index contributed by atoms with van der Waals surface area (Å²) in [6.07, 6.45) is -1.75. The number of hydrogen-bond acceptors (Lipinski definition) is 2. The number of halogens is 3. The fraction of sp³-hybridized carbons (Fsp3) is 0.533. The summed E-state index contributed by atoms with van der Waals surface area (Å²) < 4.78 is 38.4. The number of nitrogens with two attached hydrogens (primary N) is 1. The molecule has 1 saturated heterocycles. The number of piperidine rings is 1. The van der Waals surface area contributed by atoms with Gasteiger partial charge in [0.1, 0.15) is 0 Å². The minimum absolute atomic E-state index is 0.00944. The second-order valence-electron chi connectivity index (χ2n) is 5.64. The number of nitrogen functional groups attached to an aromatic ring is 1. The molecule has 1 aliphatic heterocycles. The normalized spacial score (nSPS) is 23.2. The average molecular weight is 300 g/mol. The minimum atomic E-state index is -4.48. The molecule has 21 heavy (non-hydrogen) atoms. The van der Waals surface area contributed by atoms with Crippen molar-refractivity contribution in [1.82, 2.24) is 4.90 Å². The predicted molar refractivity (Wildman–Crippen MR) is 74.8 cm³/mol. The summed E-state index contributed by atoms with van der Waals surface area (Å²) in [7, 11) is 0. The van der Waals surface area contributed by atoms with E-state index in [1.165, 1.54) is 0 Å². The fourth-order valence-electron chi connectivity index (χ4n) is 2.88. The van der Waals surface area contributed by atoms with E-state index in [-0.39, 0.29) is 23.3 Å². The molecular formula is C15H19F3N2O. The topological polar surface area (TPSA) is 46.3 Å². The maximum absolute atomic E-state index is 12.8. The molecule has 1 amide bonds. The van der Waals surface area contributed by atoms with Crippen LogP contribution in [-0.2, 0) is 6.18 Å². The molecule has 3 nitrogen and oxygen atoms in total. The molecule has 2 atom stereocenters. The summed E-state index contributed by atoms with van der Waals surface area (Å²) in [5.74, 6) is -0.418. The van der Waals surface area contributed by atoms with Gasteiger partial charge in [0, 0.05) is 17.8 Å². The van der Waals surface area contributed by atoms with E-state index in [0.29, 0.717) is 0 Å². The highest BCUT2D eigenvalue weighted by atomic mass is 19.4. The van der Waals surface area contributed by atoms with Crippen molar-refractivity contribution in [2.75, 3.05) is 5.73 Å². The highest BCUT2D eigenvalue weighted by molar-refractivity contribution is 5.99. The van der Waals surface area contributed by atoms with Crippen molar-refractivity contribution in [2.24, 2.45) is 0 Å². The molecule has 0 aromatic heterocycles. The quantitative estimate of drug-likeness (QED) is 0.804. The van der Waals surface area contributed by atoms with Crippen LogP contribution in [0.1, 0.15) is 49.0 Å². The van der Waals surface area contributed by atoms with Gasteiger partial charge in [0.05, 0.1) is 11.1 Å². The van der Waals surface area contributed by atoms with Crippen molar-refractivity contribution in [1.29, 1.82) is 0 Å². The van der Waals surface area contributed by atoms with Crippen molar-refractivity contribution < 1.29 is 18.0 Å². The van der Waals surface area contributed by atoms with E-state index in [4.69, 9.17) is 5.73 Å². The molecule has 0 radical (unpaired) electrons. The molecule has 0 saturated carbocycles. The maximum atomic E-state index is 12.8. The Morgan fingerprint density at radius 2 is 1.81 bits per heavy atom. The molecule has 0 spiro atoms. The molecular weight excluding hydrogens is 281 g/mol. The standard InChI is InChI=1S/C15H19F3N2O/c1-9-4-3-5-10(2)20(9)14(21)12-8-11(15(16,17)18)6-7-13(12)19/h6-10H,3-5,19H2,1-2H3. The second-order valence-corrected chi connectivity index (χ2v) is 5.64. The molecule has 2 rings (SSSR count). The van der Waals surface area contributed by atoms with E-state index in [9.17, 15) is 18.0 Å². The third-order valence-electron chi connectivity index (χ3n) is 4.04. The second kappa shape index (κ2) is 5.58. The number of rotatable bonds is 1. The van der Waals surface area contributed by atoms with Crippen LogP contribution in [0, 0.1) is 0 Å².